The molecule has 6 aliphatic rings. The van der Waals surface area contributed by atoms with Crippen molar-refractivity contribution in [3.63, 3.8) is 0 Å². The van der Waals surface area contributed by atoms with Gasteiger partial charge in [-0.3, -0.25) is 0 Å². The summed E-state index contributed by atoms with van der Waals surface area (Å²) < 4.78 is 45.0. The zero-order valence-electron chi connectivity index (χ0n) is 22.6. The maximum atomic E-state index is 11.1. The molecule has 6 rings (SSSR count). The molecule has 4 bridgehead atoms. The van der Waals surface area contributed by atoms with Gasteiger partial charge in [0, 0.05) is 0 Å². The summed E-state index contributed by atoms with van der Waals surface area (Å²) in [5.41, 5.74) is 0. The van der Waals surface area contributed by atoms with Gasteiger partial charge >= 0.3 is 200 Å². The molecule has 19 heteroatoms. The van der Waals surface area contributed by atoms with Gasteiger partial charge in [-0.15, -0.1) is 0 Å². The van der Waals surface area contributed by atoms with Gasteiger partial charge in [0.05, 0.1) is 6.61 Å². The first-order chi connectivity index (χ1) is 20.5. The summed E-state index contributed by atoms with van der Waals surface area (Å²) in [5.74, 6) is 0. The molecule has 6 fully saturated rings. The molecule has 9 unspecified atom stereocenters. The number of fused-ring (bicyclic) bond motifs is 4. The fourth-order valence-corrected chi connectivity index (χ4v) is 9.67. The first-order valence-corrected chi connectivity index (χ1v) is 16.5. The van der Waals surface area contributed by atoms with Crippen LogP contribution in [0.3, 0.4) is 0 Å². The van der Waals surface area contributed by atoms with Crippen molar-refractivity contribution in [1.82, 2.24) is 0 Å². The second-order valence-electron chi connectivity index (χ2n) is 11.5. The molecule has 20 atom stereocenters. The van der Waals surface area contributed by atoms with Crippen molar-refractivity contribution in [2.75, 3.05) is 26.4 Å². The summed E-state index contributed by atoms with van der Waals surface area (Å²) in [7, 11) is 0. The quantitative estimate of drug-likeness (QED) is 0.106. The maximum absolute atomic E-state index is 11.1. The number of aliphatic hydroxyl groups excluding tert-OH is 10. The number of aliphatic hydroxyl groups is 10. The van der Waals surface area contributed by atoms with Crippen molar-refractivity contribution >= 4 is 15.4 Å². The number of hydrogen-bond donors (Lipinski definition) is 10. The minimum absolute atomic E-state index is 0.00725. The van der Waals surface area contributed by atoms with Crippen LogP contribution in [-0.2, 0) is 37.9 Å². The van der Waals surface area contributed by atoms with E-state index in [1.54, 1.807) is 0 Å². The molecule has 0 aromatic rings. The van der Waals surface area contributed by atoms with Crippen LogP contribution >= 0.6 is 0 Å². The molecule has 0 amide bonds. The van der Waals surface area contributed by atoms with Gasteiger partial charge in [0.1, 0.15) is 18.3 Å². The van der Waals surface area contributed by atoms with E-state index >= 15 is 0 Å². The van der Waals surface area contributed by atoms with Gasteiger partial charge in [-0.05, 0) is 0 Å². The molecule has 6 heterocycles. The topological polar surface area (TPSA) is 276 Å². The Morgan fingerprint density at radius 2 is 1.16 bits per heavy atom. The van der Waals surface area contributed by atoms with Crippen molar-refractivity contribution in [1.29, 1.82) is 0 Å². The van der Waals surface area contributed by atoms with Crippen LogP contribution < -0.4 is 0 Å². The van der Waals surface area contributed by atoms with Gasteiger partial charge in [0.2, 0.25) is 0 Å². The third-order valence-electron chi connectivity index (χ3n) is 8.86. The van der Waals surface area contributed by atoms with Gasteiger partial charge in [-0.1, -0.05) is 0 Å². The van der Waals surface area contributed by atoms with Crippen LogP contribution in [0.1, 0.15) is 0 Å². The normalized spacial score (nSPS) is 56.8. The van der Waals surface area contributed by atoms with Crippen LogP contribution in [0.25, 0.3) is 0 Å². The second-order valence-corrected chi connectivity index (χ2v) is 15.0. The van der Waals surface area contributed by atoms with Crippen LogP contribution in [-0.4, -0.2) is 208 Å². The molecule has 10 N–H and O–H groups in total. The van der Waals surface area contributed by atoms with Gasteiger partial charge in [0.15, 0.2) is 6.29 Å². The summed E-state index contributed by atoms with van der Waals surface area (Å²) in [6.07, 6.45) is -23.3. The van der Waals surface area contributed by atoms with E-state index in [-0.39, 0.29) is 13.2 Å². The van der Waals surface area contributed by atoms with Gasteiger partial charge < -0.3 is 19.7 Å². The summed E-state index contributed by atoms with van der Waals surface area (Å²) in [5, 5.41) is 103. The summed E-state index contributed by atoms with van der Waals surface area (Å²) in [6, 6.07) is 0. The van der Waals surface area contributed by atoms with E-state index in [0.717, 1.165) is 0 Å². The van der Waals surface area contributed by atoms with Crippen molar-refractivity contribution in [3.8, 4) is 0 Å². The molecule has 6 aliphatic heterocycles. The molecular weight excluding hydrogens is 649 g/mol. The molecule has 0 aromatic carbocycles. The summed E-state index contributed by atoms with van der Waals surface area (Å²) >= 11 is -1.33. The average molecular weight is 687 g/mol. The third kappa shape index (κ3) is 5.92. The van der Waals surface area contributed by atoms with E-state index in [1.165, 1.54) is 0 Å². The Labute approximate surface area is 251 Å². The summed E-state index contributed by atoms with van der Waals surface area (Å²) in [6.45, 7) is -1.13. The third-order valence-corrected chi connectivity index (χ3v) is 12.5. The molecule has 18 nitrogen and oxygen atoms in total. The predicted octanol–water partition coefficient (Wildman–Crippen LogP) is -7.55. The molecule has 43 heavy (non-hydrogen) atoms. The Morgan fingerprint density at radius 3 is 1.84 bits per heavy atom. The Hall–Kier alpha value is -0.177. The van der Waals surface area contributed by atoms with Crippen molar-refractivity contribution < 1.29 is 89.0 Å². The fourth-order valence-electron chi connectivity index (χ4n) is 6.42. The Bertz CT molecular complexity index is 950. The van der Waals surface area contributed by atoms with Crippen LogP contribution in [0.4, 0.5) is 0 Å². The van der Waals surface area contributed by atoms with Crippen LogP contribution in [0, 0.1) is 0 Å². The zero-order chi connectivity index (χ0) is 30.7. The van der Waals surface area contributed by atoms with Crippen LogP contribution in [0.5, 0.6) is 0 Å². The molecule has 246 valence electrons. The molecule has 0 spiro atoms. The minimum atomic E-state index is -1.70. The molecule has 6 saturated heterocycles. The average Bonchev–Trinajstić information content (AvgIpc) is 3.48. The van der Waals surface area contributed by atoms with E-state index in [9.17, 15) is 51.1 Å². The Kier molecular flexibility index (Phi) is 10.0. The Balaban J connectivity index is 1.12. The number of rotatable bonds is 8. The zero-order valence-corrected chi connectivity index (χ0v) is 24.7. The second kappa shape index (κ2) is 13.1. The fraction of sp³-hybridized carbons (Fsp3) is 1.00. The first-order valence-electron chi connectivity index (χ1n) is 14.1. The molecule has 2 radical (unpaired) electrons. The van der Waals surface area contributed by atoms with Gasteiger partial charge in [-0.25, -0.2) is 0 Å². The van der Waals surface area contributed by atoms with E-state index < -0.39 is 149 Å². The van der Waals surface area contributed by atoms with Crippen LogP contribution in [0.2, 0.25) is 4.75 Å². The van der Waals surface area contributed by atoms with E-state index in [0.29, 0.717) is 0 Å². The molecule has 0 aliphatic carbocycles. The molecule has 0 saturated carbocycles. The van der Waals surface area contributed by atoms with Crippen molar-refractivity contribution in [3.05, 3.63) is 0 Å². The monoisotopic (exact) mass is 688 g/mol. The van der Waals surface area contributed by atoms with Crippen molar-refractivity contribution in [2.45, 2.75) is 120 Å². The molecular formula is C24H38GeO18. The number of hydrogen-bond acceptors (Lipinski definition) is 18. The Morgan fingerprint density at radius 1 is 0.558 bits per heavy atom. The van der Waals surface area contributed by atoms with Gasteiger partial charge in [-0.2, -0.15) is 0 Å². The first kappa shape index (κ1) is 32.8. The number of ether oxygens (including phenoxy) is 8. The standard InChI is InChI=1S/C24H38GeO18/c26-1-5-9(28)11(30)12(31)21(25-5)41-16-8-4-37-20(16)15(34)24(40-8)43-18-10(29)6(2-27)39-23(14(18)33)42-17-7-3-36-19(17)13(32)22(35)38-7/h5-24,26-35H,1-4H2/t5-,6-,7?,8?,9+,10?,11+,12-,13?,14?,15?,16-,17-,18+,19?,20?,21+,22?,23+,24+/m1/s1. The molecule has 0 aromatic heterocycles. The van der Waals surface area contributed by atoms with Crippen LogP contribution in [0.15, 0.2) is 0 Å². The SMILES string of the molecule is OC[C@H]1O[C@@H](O[C@@H]2C3COC2C(O)C(O)O3)C(O)[C@@H](O[C@@H]2OC3COC(C2O)[C@@H]3O[C@@H]2[Ge][C@H](CO)[C@H](O)[C@H](O)[C@H]2O)C1O. The van der Waals surface area contributed by atoms with Gasteiger partial charge in [0.25, 0.3) is 0 Å². The van der Waals surface area contributed by atoms with E-state index in [1.807, 2.05) is 0 Å². The summed E-state index contributed by atoms with van der Waals surface area (Å²) in [4.78, 5) is -0.898. The van der Waals surface area contributed by atoms with E-state index in [2.05, 4.69) is 0 Å². The van der Waals surface area contributed by atoms with Crippen molar-refractivity contribution in [2.24, 2.45) is 0 Å². The predicted molar refractivity (Wildman–Crippen MR) is 132 cm³/mol. The van der Waals surface area contributed by atoms with E-state index in [4.69, 9.17) is 37.9 Å².